The molecular formula is C24H19ClFN5O4. The summed E-state index contributed by atoms with van der Waals surface area (Å²) >= 11 is 5.94. The molecule has 0 aliphatic heterocycles. The number of nitro benzene ring substituents is 1. The number of para-hydroxylation sites is 1. The van der Waals surface area contributed by atoms with Crippen molar-refractivity contribution in [2.75, 3.05) is 12.4 Å². The summed E-state index contributed by atoms with van der Waals surface area (Å²) in [5, 5.41) is 13.9. The Morgan fingerprint density at radius 2 is 1.86 bits per heavy atom. The maximum atomic E-state index is 13.5. The van der Waals surface area contributed by atoms with Gasteiger partial charge in [0.1, 0.15) is 16.7 Å². The minimum atomic E-state index is -0.703. The lowest BCUT2D eigenvalue weighted by atomic mass is 10.2. The van der Waals surface area contributed by atoms with Crippen molar-refractivity contribution < 1.29 is 14.1 Å². The van der Waals surface area contributed by atoms with Crippen molar-refractivity contribution in [2.45, 2.75) is 13.0 Å². The SMILES string of the molecule is CC(c1nc2ccccc2c(=O)n1-c1ccc(F)cc1)N(C)C(=O)Nc1ccc([N+](=O)[O-])c(Cl)c1. The average Bonchev–Trinajstić information content (AvgIpc) is 2.83. The van der Waals surface area contributed by atoms with E-state index < -0.39 is 22.8 Å². The first-order chi connectivity index (χ1) is 16.7. The number of nitrogens with one attached hydrogen (secondary N) is 1. The van der Waals surface area contributed by atoms with Crippen LogP contribution in [0, 0.1) is 15.9 Å². The summed E-state index contributed by atoms with van der Waals surface area (Å²) in [7, 11) is 1.52. The van der Waals surface area contributed by atoms with Gasteiger partial charge in [-0.1, -0.05) is 23.7 Å². The van der Waals surface area contributed by atoms with E-state index in [0.717, 1.165) is 0 Å². The fourth-order valence-corrected chi connectivity index (χ4v) is 3.81. The number of nitrogens with zero attached hydrogens (tertiary/aromatic N) is 4. The van der Waals surface area contributed by atoms with Crippen LogP contribution in [0.15, 0.2) is 71.5 Å². The van der Waals surface area contributed by atoms with Crippen LogP contribution in [0.2, 0.25) is 5.02 Å². The number of aromatic nitrogens is 2. The summed E-state index contributed by atoms with van der Waals surface area (Å²) < 4.78 is 14.9. The molecule has 2 amide bonds. The normalized spacial score (nSPS) is 11.8. The molecule has 0 saturated carbocycles. The van der Waals surface area contributed by atoms with Crippen molar-refractivity contribution in [1.29, 1.82) is 0 Å². The number of urea groups is 1. The number of amides is 2. The van der Waals surface area contributed by atoms with Crippen molar-refractivity contribution >= 4 is 39.9 Å². The molecule has 1 atom stereocenters. The summed E-state index contributed by atoms with van der Waals surface area (Å²) in [6.07, 6.45) is 0. The van der Waals surface area contributed by atoms with Crippen LogP contribution in [0.5, 0.6) is 0 Å². The molecule has 0 spiro atoms. The van der Waals surface area contributed by atoms with E-state index in [-0.39, 0.29) is 27.8 Å². The third-order valence-corrected chi connectivity index (χ3v) is 5.86. The van der Waals surface area contributed by atoms with Gasteiger partial charge in [-0.2, -0.15) is 0 Å². The standard InChI is InChI=1S/C24H19ClFN5O4/c1-14(29(2)24(33)27-16-9-12-21(31(34)35)19(25)13-16)22-28-20-6-4-3-5-18(20)23(32)30(22)17-10-7-15(26)8-11-17/h3-14H,1-2H3,(H,27,33). The quantitative estimate of drug-likeness (QED) is 0.298. The molecule has 0 saturated heterocycles. The van der Waals surface area contributed by atoms with Gasteiger partial charge < -0.3 is 10.2 Å². The van der Waals surface area contributed by atoms with Crippen molar-refractivity contribution in [2.24, 2.45) is 0 Å². The fourth-order valence-electron chi connectivity index (χ4n) is 3.56. The Hall–Kier alpha value is -4.31. The lowest BCUT2D eigenvalue weighted by Gasteiger charge is -2.27. The van der Waals surface area contributed by atoms with Gasteiger partial charge in [0.25, 0.3) is 11.2 Å². The number of anilines is 1. The van der Waals surface area contributed by atoms with Gasteiger partial charge in [-0.15, -0.1) is 0 Å². The highest BCUT2D eigenvalue weighted by molar-refractivity contribution is 6.33. The Balaban J connectivity index is 1.72. The molecule has 3 aromatic carbocycles. The van der Waals surface area contributed by atoms with Gasteiger partial charge in [0.2, 0.25) is 0 Å². The smallest absolute Gasteiger partial charge is 0.318 e. The van der Waals surface area contributed by atoms with Gasteiger partial charge in [0, 0.05) is 18.8 Å². The maximum Gasteiger partial charge on any atom is 0.322 e. The van der Waals surface area contributed by atoms with Crippen LogP contribution in [-0.2, 0) is 0 Å². The zero-order valence-corrected chi connectivity index (χ0v) is 19.4. The molecule has 0 fully saturated rings. The van der Waals surface area contributed by atoms with Crippen LogP contribution in [0.1, 0.15) is 18.8 Å². The third kappa shape index (κ3) is 4.69. The number of nitro groups is 1. The van der Waals surface area contributed by atoms with Crippen LogP contribution in [0.3, 0.4) is 0 Å². The van der Waals surface area contributed by atoms with Crippen LogP contribution in [-0.4, -0.2) is 32.5 Å². The Bertz CT molecular complexity index is 1510. The second kappa shape index (κ2) is 9.51. The first-order valence-electron chi connectivity index (χ1n) is 10.4. The van der Waals surface area contributed by atoms with E-state index in [4.69, 9.17) is 11.6 Å². The molecule has 35 heavy (non-hydrogen) atoms. The van der Waals surface area contributed by atoms with E-state index in [1.807, 2.05) is 0 Å². The fraction of sp³-hybridized carbons (Fsp3) is 0.125. The molecule has 1 heterocycles. The number of halogens is 2. The van der Waals surface area contributed by atoms with Gasteiger partial charge in [0.05, 0.1) is 27.6 Å². The summed E-state index contributed by atoms with van der Waals surface area (Å²) in [5.74, 6) is -0.192. The lowest BCUT2D eigenvalue weighted by molar-refractivity contribution is -0.384. The highest BCUT2D eigenvalue weighted by atomic mass is 35.5. The molecule has 178 valence electrons. The number of carbonyl (C=O) groups is 1. The van der Waals surface area contributed by atoms with Crippen molar-refractivity contribution in [1.82, 2.24) is 14.5 Å². The predicted molar refractivity (Wildman–Crippen MR) is 131 cm³/mol. The summed E-state index contributed by atoms with van der Waals surface area (Å²) in [4.78, 5) is 42.7. The molecular weight excluding hydrogens is 477 g/mol. The lowest BCUT2D eigenvalue weighted by Crippen LogP contribution is -2.37. The van der Waals surface area contributed by atoms with Gasteiger partial charge in [0.15, 0.2) is 0 Å². The van der Waals surface area contributed by atoms with Crippen molar-refractivity contribution in [3.8, 4) is 5.69 Å². The minimum Gasteiger partial charge on any atom is -0.318 e. The maximum absolute atomic E-state index is 13.5. The topological polar surface area (TPSA) is 110 Å². The summed E-state index contributed by atoms with van der Waals surface area (Å²) in [6, 6.07) is 14.8. The minimum absolute atomic E-state index is 0.121. The number of fused-ring (bicyclic) bond motifs is 1. The van der Waals surface area contributed by atoms with Crippen molar-refractivity contribution in [3.63, 3.8) is 0 Å². The van der Waals surface area contributed by atoms with E-state index in [1.54, 1.807) is 31.2 Å². The molecule has 4 aromatic rings. The average molecular weight is 496 g/mol. The number of hydrogen-bond donors (Lipinski definition) is 1. The van der Waals surface area contributed by atoms with Gasteiger partial charge in [-0.25, -0.2) is 14.2 Å². The molecule has 1 aromatic heterocycles. The predicted octanol–water partition coefficient (Wildman–Crippen LogP) is 5.31. The molecule has 0 radical (unpaired) electrons. The molecule has 9 nitrogen and oxygen atoms in total. The first kappa shape index (κ1) is 23.8. The van der Waals surface area contributed by atoms with E-state index in [2.05, 4.69) is 10.3 Å². The molecule has 4 rings (SSSR count). The Morgan fingerprint density at radius 3 is 2.51 bits per heavy atom. The Labute approximate surface area is 203 Å². The van der Waals surface area contributed by atoms with Crippen LogP contribution in [0.25, 0.3) is 16.6 Å². The van der Waals surface area contributed by atoms with E-state index in [9.17, 15) is 24.1 Å². The third-order valence-electron chi connectivity index (χ3n) is 5.56. The van der Waals surface area contributed by atoms with Gasteiger partial charge in [-0.05, 0) is 55.5 Å². The molecule has 1 N–H and O–H groups in total. The summed E-state index contributed by atoms with van der Waals surface area (Å²) in [5.41, 5.74) is 0.461. The van der Waals surface area contributed by atoms with Crippen LogP contribution >= 0.6 is 11.6 Å². The van der Waals surface area contributed by atoms with E-state index >= 15 is 0 Å². The second-order valence-corrected chi connectivity index (χ2v) is 8.15. The Kier molecular flexibility index (Phi) is 6.48. The summed E-state index contributed by atoms with van der Waals surface area (Å²) in [6.45, 7) is 1.69. The molecule has 0 bridgehead atoms. The van der Waals surface area contributed by atoms with Crippen LogP contribution in [0.4, 0.5) is 20.6 Å². The monoisotopic (exact) mass is 495 g/mol. The molecule has 1 unspecified atom stereocenters. The molecule has 11 heteroatoms. The first-order valence-corrected chi connectivity index (χ1v) is 10.8. The molecule has 0 aliphatic rings. The van der Waals surface area contributed by atoms with E-state index in [0.29, 0.717) is 16.6 Å². The Morgan fingerprint density at radius 1 is 1.17 bits per heavy atom. The highest BCUT2D eigenvalue weighted by Crippen LogP contribution is 2.28. The van der Waals surface area contributed by atoms with Crippen LogP contribution < -0.4 is 10.9 Å². The van der Waals surface area contributed by atoms with E-state index in [1.165, 1.54) is 59.0 Å². The zero-order chi connectivity index (χ0) is 25.3. The van der Waals surface area contributed by atoms with Gasteiger partial charge in [-0.3, -0.25) is 19.5 Å². The number of benzene rings is 3. The number of hydrogen-bond acceptors (Lipinski definition) is 5. The largest absolute Gasteiger partial charge is 0.322 e. The highest BCUT2D eigenvalue weighted by Gasteiger charge is 2.25. The van der Waals surface area contributed by atoms with Gasteiger partial charge >= 0.3 is 6.03 Å². The second-order valence-electron chi connectivity index (χ2n) is 7.74. The zero-order valence-electron chi connectivity index (χ0n) is 18.6. The number of rotatable bonds is 5. The number of carbonyl (C=O) groups excluding carboxylic acids is 1. The molecule has 0 aliphatic carbocycles. The van der Waals surface area contributed by atoms with Crippen molar-refractivity contribution in [3.05, 3.63) is 104 Å².